The van der Waals surface area contributed by atoms with E-state index >= 15 is 0 Å². The minimum absolute atomic E-state index is 0.202. The van der Waals surface area contributed by atoms with Gasteiger partial charge >= 0.3 is 0 Å². The van der Waals surface area contributed by atoms with Gasteiger partial charge in [-0.15, -0.1) is 0 Å². The second-order valence-corrected chi connectivity index (χ2v) is 10.2. The summed E-state index contributed by atoms with van der Waals surface area (Å²) in [5.74, 6) is 0.738. The second-order valence-electron chi connectivity index (χ2n) is 8.28. The Morgan fingerprint density at radius 3 is 2.30 bits per heavy atom. The Kier molecular flexibility index (Phi) is 5.55. The van der Waals surface area contributed by atoms with Gasteiger partial charge in [-0.1, -0.05) is 18.9 Å². The molecule has 1 aliphatic heterocycles. The van der Waals surface area contributed by atoms with Crippen molar-refractivity contribution in [1.29, 1.82) is 0 Å². The molecule has 1 heterocycles. The zero-order valence-electron chi connectivity index (χ0n) is 16.0. The van der Waals surface area contributed by atoms with Crippen LogP contribution in [0.2, 0.25) is 0 Å². The van der Waals surface area contributed by atoms with Crippen LogP contribution in [-0.2, 0) is 27.7 Å². The van der Waals surface area contributed by atoms with Crippen LogP contribution in [0.1, 0.15) is 56.1 Å². The molecule has 0 atom stereocenters. The monoisotopic (exact) mass is 390 g/mol. The van der Waals surface area contributed by atoms with Crippen molar-refractivity contribution < 1.29 is 13.2 Å². The molecule has 0 spiro atoms. The van der Waals surface area contributed by atoms with Gasteiger partial charge in [0.05, 0.1) is 4.90 Å². The summed E-state index contributed by atoms with van der Waals surface area (Å²) >= 11 is 0. The Morgan fingerprint density at radius 2 is 1.59 bits per heavy atom. The third-order valence-corrected chi connectivity index (χ3v) is 8.38. The smallest absolute Gasteiger partial charge is 0.243 e. The molecule has 27 heavy (non-hydrogen) atoms. The van der Waals surface area contributed by atoms with E-state index in [1.807, 2.05) is 17.0 Å². The Labute approximate surface area is 162 Å². The maximum atomic E-state index is 13.1. The third kappa shape index (κ3) is 4.06. The van der Waals surface area contributed by atoms with Gasteiger partial charge < -0.3 is 4.90 Å². The van der Waals surface area contributed by atoms with Gasteiger partial charge in [0.2, 0.25) is 15.9 Å². The molecule has 1 amide bonds. The van der Waals surface area contributed by atoms with E-state index in [-0.39, 0.29) is 5.91 Å². The molecule has 6 heteroatoms. The Balaban J connectivity index is 1.39. The number of aryl methyl sites for hydroxylation is 2. The molecule has 5 nitrogen and oxygen atoms in total. The number of piperazine rings is 1. The number of fused-ring (bicyclic) bond motifs is 1. The molecule has 1 saturated carbocycles. The number of nitrogens with zero attached hydrogens (tertiary/aromatic N) is 2. The molecule has 0 unspecified atom stereocenters. The van der Waals surface area contributed by atoms with Crippen LogP contribution >= 0.6 is 0 Å². The van der Waals surface area contributed by atoms with Crippen molar-refractivity contribution in [2.75, 3.05) is 26.2 Å². The SMILES string of the molecule is O=C(CC1CCCC1)N1CCN(S(=O)(=O)c2ccc3c(c2)CCCC3)CC1. The lowest BCUT2D eigenvalue weighted by molar-refractivity contribution is -0.133. The van der Waals surface area contributed by atoms with E-state index in [9.17, 15) is 13.2 Å². The summed E-state index contributed by atoms with van der Waals surface area (Å²) in [5.41, 5.74) is 2.48. The summed E-state index contributed by atoms with van der Waals surface area (Å²) < 4.78 is 27.7. The average molecular weight is 391 g/mol. The van der Waals surface area contributed by atoms with Crippen LogP contribution in [-0.4, -0.2) is 49.7 Å². The molecule has 1 saturated heterocycles. The molecule has 2 fully saturated rings. The predicted molar refractivity (Wildman–Crippen MR) is 105 cm³/mol. The number of hydrogen-bond acceptors (Lipinski definition) is 3. The van der Waals surface area contributed by atoms with Gasteiger partial charge in [0.1, 0.15) is 0 Å². The molecule has 3 aliphatic rings. The quantitative estimate of drug-likeness (QED) is 0.794. The topological polar surface area (TPSA) is 57.7 Å². The summed E-state index contributed by atoms with van der Waals surface area (Å²) in [6.07, 6.45) is 9.80. The maximum absolute atomic E-state index is 13.1. The molecule has 148 valence electrons. The van der Waals surface area contributed by atoms with Crippen molar-refractivity contribution >= 4 is 15.9 Å². The van der Waals surface area contributed by atoms with E-state index in [0.717, 1.165) is 19.3 Å². The van der Waals surface area contributed by atoms with Gasteiger partial charge in [-0.05, 0) is 67.7 Å². The zero-order valence-corrected chi connectivity index (χ0v) is 16.8. The van der Waals surface area contributed by atoms with Gasteiger partial charge in [0, 0.05) is 32.6 Å². The average Bonchev–Trinajstić information content (AvgIpc) is 3.20. The zero-order chi connectivity index (χ0) is 18.9. The molecule has 0 N–H and O–H groups in total. The third-order valence-electron chi connectivity index (χ3n) is 6.49. The van der Waals surface area contributed by atoms with E-state index in [0.29, 0.717) is 43.4 Å². The maximum Gasteiger partial charge on any atom is 0.243 e. The first-order chi connectivity index (χ1) is 13.0. The summed E-state index contributed by atoms with van der Waals surface area (Å²) in [4.78, 5) is 14.8. The van der Waals surface area contributed by atoms with E-state index < -0.39 is 10.0 Å². The van der Waals surface area contributed by atoms with Gasteiger partial charge in [0.25, 0.3) is 0 Å². The van der Waals surface area contributed by atoms with Crippen molar-refractivity contribution in [2.45, 2.75) is 62.7 Å². The number of amides is 1. The first-order valence-corrected chi connectivity index (χ1v) is 11.9. The predicted octanol–water partition coefficient (Wildman–Crippen LogP) is 2.98. The Morgan fingerprint density at radius 1 is 0.926 bits per heavy atom. The van der Waals surface area contributed by atoms with E-state index in [4.69, 9.17) is 0 Å². The van der Waals surface area contributed by atoms with Crippen LogP contribution < -0.4 is 0 Å². The van der Waals surface area contributed by atoms with Crippen molar-refractivity contribution in [2.24, 2.45) is 5.92 Å². The fraction of sp³-hybridized carbons (Fsp3) is 0.667. The molecule has 1 aromatic rings. The minimum Gasteiger partial charge on any atom is -0.340 e. The highest BCUT2D eigenvalue weighted by Gasteiger charge is 2.31. The van der Waals surface area contributed by atoms with Gasteiger partial charge in [-0.3, -0.25) is 4.79 Å². The molecule has 2 aliphatic carbocycles. The van der Waals surface area contributed by atoms with Crippen LogP contribution in [0.4, 0.5) is 0 Å². The van der Waals surface area contributed by atoms with E-state index in [1.165, 1.54) is 43.2 Å². The van der Waals surface area contributed by atoms with Crippen molar-refractivity contribution in [3.8, 4) is 0 Å². The molecular weight excluding hydrogens is 360 g/mol. The molecular formula is C21H30N2O3S. The number of rotatable bonds is 4. The number of carbonyl (C=O) groups is 1. The normalized spacial score (nSPS) is 22.0. The van der Waals surface area contributed by atoms with Crippen LogP contribution in [0.25, 0.3) is 0 Å². The number of hydrogen-bond donors (Lipinski definition) is 0. The van der Waals surface area contributed by atoms with Crippen molar-refractivity contribution in [3.05, 3.63) is 29.3 Å². The van der Waals surface area contributed by atoms with Crippen molar-refractivity contribution in [1.82, 2.24) is 9.21 Å². The Bertz CT molecular complexity index is 792. The summed E-state index contributed by atoms with van der Waals surface area (Å²) in [7, 11) is -3.47. The fourth-order valence-electron chi connectivity index (χ4n) is 4.79. The number of carbonyl (C=O) groups excluding carboxylic acids is 1. The lowest BCUT2D eigenvalue weighted by Crippen LogP contribution is -2.50. The van der Waals surface area contributed by atoms with E-state index in [1.54, 1.807) is 10.4 Å². The number of benzene rings is 1. The highest BCUT2D eigenvalue weighted by atomic mass is 32.2. The fourth-order valence-corrected chi connectivity index (χ4v) is 6.26. The summed E-state index contributed by atoms with van der Waals surface area (Å²) in [5, 5.41) is 0. The van der Waals surface area contributed by atoms with Gasteiger partial charge in [0.15, 0.2) is 0 Å². The summed E-state index contributed by atoms with van der Waals surface area (Å²) in [6.45, 7) is 1.82. The van der Waals surface area contributed by atoms with Crippen molar-refractivity contribution in [3.63, 3.8) is 0 Å². The van der Waals surface area contributed by atoms with Crippen LogP contribution in [0.5, 0.6) is 0 Å². The molecule has 0 radical (unpaired) electrons. The van der Waals surface area contributed by atoms with E-state index in [2.05, 4.69) is 0 Å². The lowest BCUT2D eigenvalue weighted by Gasteiger charge is -2.34. The van der Waals surface area contributed by atoms with Crippen LogP contribution in [0.3, 0.4) is 0 Å². The highest BCUT2D eigenvalue weighted by molar-refractivity contribution is 7.89. The standard InChI is InChI=1S/C21H30N2O3S/c24-21(15-17-5-1-2-6-17)22-11-13-23(14-12-22)27(25,26)20-10-9-18-7-3-4-8-19(18)16-20/h9-10,16-17H,1-8,11-15H2. The summed E-state index contributed by atoms with van der Waals surface area (Å²) in [6, 6.07) is 5.63. The molecule has 4 rings (SSSR count). The Hall–Kier alpha value is -1.40. The first kappa shape index (κ1) is 18.9. The van der Waals surface area contributed by atoms with Crippen LogP contribution in [0, 0.1) is 5.92 Å². The largest absolute Gasteiger partial charge is 0.340 e. The number of sulfonamides is 1. The van der Waals surface area contributed by atoms with Crippen LogP contribution in [0.15, 0.2) is 23.1 Å². The molecule has 0 bridgehead atoms. The molecule has 0 aromatic heterocycles. The minimum atomic E-state index is -3.47. The second kappa shape index (κ2) is 7.92. The molecule has 1 aromatic carbocycles. The van der Waals surface area contributed by atoms with Gasteiger partial charge in [-0.25, -0.2) is 8.42 Å². The first-order valence-electron chi connectivity index (χ1n) is 10.4. The lowest BCUT2D eigenvalue weighted by atomic mass is 9.92. The van der Waals surface area contributed by atoms with Gasteiger partial charge in [-0.2, -0.15) is 4.31 Å². The highest BCUT2D eigenvalue weighted by Crippen LogP contribution is 2.29.